The van der Waals surface area contributed by atoms with Gasteiger partial charge in [0.25, 0.3) is 0 Å². The number of hydrogen-bond acceptors (Lipinski definition) is 4. The first-order valence-electron chi connectivity index (χ1n) is 8.21. The summed E-state index contributed by atoms with van der Waals surface area (Å²) in [6.45, 7) is 2.41. The Morgan fingerprint density at radius 1 is 1.22 bits per heavy atom. The fourth-order valence-corrected chi connectivity index (χ4v) is 3.71. The van der Waals surface area contributed by atoms with Gasteiger partial charge in [0.2, 0.25) is 0 Å². The normalized spacial score (nSPS) is 20.0. The molecule has 1 N–H and O–H groups in total. The number of carbonyl (C=O) groups is 1. The number of rotatable bonds is 3. The Labute approximate surface area is 134 Å². The van der Waals surface area contributed by atoms with Gasteiger partial charge in [-0.25, -0.2) is 0 Å². The minimum Gasteiger partial charge on any atom is -0.481 e. The average molecular weight is 312 g/mol. The van der Waals surface area contributed by atoms with Crippen molar-refractivity contribution in [2.45, 2.75) is 44.7 Å². The lowest BCUT2D eigenvalue weighted by Gasteiger charge is -2.34. The van der Waals surface area contributed by atoms with E-state index in [-0.39, 0.29) is 0 Å². The maximum absolute atomic E-state index is 11.5. The molecule has 6 nitrogen and oxygen atoms in total. The molecule has 1 aromatic heterocycles. The van der Waals surface area contributed by atoms with Crippen LogP contribution in [0.1, 0.15) is 42.4 Å². The number of anilines is 1. The second-order valence-corrected chi connectivity index (χ2v) is 6.30. The molecule has 0 aliphatic carbocycles. The van der Waals surface area contributed by atoms with Crippen molar-refractivity contribution in [1.82, 2.24) is 14.8 Å². The van der Waals surface area contributed by atoms with Crippen LogP contribution in [0.15, 0.2) is 24.3 Å². The Morgan fingerprint density at radius 2 is 2.09 bits per heavy atom. The summed E-state index contributed by atoms with van der Waals surface area (Å²) in [6.07, 6.45) is 4.00. The van der Waals surface area contributed by atoms with Crippen molar-refractivity contribution in [2.24, 2.45) is 0 Å². The highest BCUT2D eigenvalue weighted by Gasteiger charge is 2.30. The molecule has 3 heterocycles. The minimum absolute atomic E-state index is 0.408. The molecule has 6 heteroatoms. The molecule has 1 unspecified atom stereocenters. The van der Waals surface area contributed by atoms with Crippen LogP contribution in [0.5, 0.6) is 0 Å². The number of aromatic nitrogens is 3. The molecule has 0 fully saturated rings. The van der Waals surface area contributed by atoms with Gasteiger partial charge in [0.1, 0.15) is 5.82 Å². The SMILES string of the molecule is O=C(O)C1CCN(Cc2nnc3n2CCCC3)c2ccccc21. The van der Waals surface area contributed by atoms with Crippen LogP contribution in [-0.2, 0) is 24.3 Å². The van der Waals surface area contributed by atoms with Gasteiger partial charge >= 0.3 is 5.97 Å². The van der Waals surface area contributed by atoms with E-state index in [9.17, 15) is 9.90 Å². The molecule has 0 saturated heterocycles. The Balaban J connectivity index is 1.64. The summed E-state index contributed by atoms with van der Waals surface area (Å²) in [7, 11) is 0. The van der Waals surface area contributed by atoms with Crippen molar-refractivity contribution in [3.8, 4) is 0 Å². The van der Waals surface area contributed by atoms with E-state index in [0.717, 1.165) is 42.4 Å². The molecule has 1 aromatic carbocycles. The second-order valence-electron chi connectivity index (χ2n) is 6.30. The van der Waals surface area contributed by atoms with Gasteiger partial charge in [0.05, 0.1) is 12.5 Å². The van der Waals surface area contributed by atoms with E-state index in [4.69, 9.17) is 0 Å². The zero-order valence-corrected chi connectivity index (χ0v) is 13.0. The molecule has 0 spiro atoms. The van der Waals surface area contributed by atoms with E-state index in [0.29, 0.717) is 13.0 Å². The van der Waals surface area contributed by atoms with Crippen molar-refractivity contribution in [1.29, 1.82) is 0 Å². The van der Waals surface area contributed by atoms with Crippen LogP contribution in [0.4, 0.5) is 5.69 Å². The number of carboxylic acids is 1. The molecular weight excluding hydrogens is 292 g/mol. The molecule has 0 saturated carbocycles. The molecule has 2 aliphatic rings. The molecule has 0 amide bonds. The van der Waals surface area contributed by atoms with Gasteiger partial charge in [-0.3, -0.25) is 4.79 Å². The Kier molecular flexibility index (Phi) is 3.52. The first-order valence-corrected chi connectivity index (χ1v) is 8.21. The zero-order chi connectivity index (χ0) is 15.8. The van der Waals surface area contributed by atoms with Crippen LogP contribution in [0, 0.1) is 0 Å². The van der Waals surface area contributed by atoms with Gasteiger partial charge in [0.15, 0.2) is 5.82 Å². The predicted octanol–water partition coefficient (Wildman–Crippen LogP) is 2.19. The van der Waals surface area contributed by atoms with Crippen LogP contribution < -0.4 is 4.90 Å². The standard InChI is InChI=1S/C17H20N4O2/c22-17(23)13-8-10-20(14-6-2-1-5-12(13)14)11-16-19-18-15-7-3-4-9-21(15)16/h1-2,5-6,13H,3-4,7-11H2,(H,22,23). The van der Waals surface area contributed by atoms with Crippen LogP contribution in [0.3, 0.4) is 0 Å². The Bertz CT molecular complexity index is 740. The van der Waals surface area contributed by atoms with E-state index in [1.807, 2.05) is 24.3 Å². The molecule has 4 rings (SSSR count). The van der Waals surface area contributed by atoms with Gasteiger partial charge in [-0.2, -0.15) is 0 Å². The third-order valence-corrected chi connectivity index (χ3v) is 4.91. The highest BCUT2D eigenvalue weighted by atomic mass is 16.4. The molecule has 1 atom stereocenters. The summed E-state index contributed by atoms with van der Waals surface area (Å²) < 4.78 is 2.23. The zero-order valence-electron chi connectivity index (χ0n) is 13.0. The molecule has 0 radical (unpaired) electrons. The number of hydrogen-bond donors (Lipinski definition) is 1. The Morgan fingerprint density at radius 3 is 2.96 bits per heavy atom. The second kappa shape index (κ2) is 5.68. The van der Waals surface area contributed by atoms with Crippen molar-refractivity contribution < 1.29 is 9.90 Å². The number of nitrogens with zero attached hydrogens (tertiary/aromatic N) is 4. The summed E-state index contributed by atoms with van der Waals surface area (Å²) >= 11 is 0. The van der Waals surface area contributed by atoms with Crippen molar-refractivity contribution in [3.63, 3.8) is 0 Å². The maximum atomic E-state index is 11.5. The van der Waals surface area contributed by atoms with Crippen molar-refractivity contribution in [3.05, 3.63) is 41.5 Å². The minimum atomic E-state index is -0.739. The van der Waals surface area contributed by atoms with E-state index in [1.54, 1.807) is 0 Å². The first kappa shape index (κ1) is 14.2. The lowest BCUT2D eigenvalue weighted by atomic mass is 9.90. The highest BCUT2D eigenvalue weighted by molar-refractivity contribution is 5.80. The topological polar surface area (TPSA) is 71.2 Å². The number of carboxylic acid groups (broad SMARTS) is 1. The lowest BCUT2D eigenvalue weighted by Crippen LogP contribution is -2.34. The van der Waals surface area contributed by atoms with Gasteiger partial charge < -0.3 is 14.6 Å². The van der Waals surface area contributed by atoms with E-state index < -0.39 is 11.9 Å². The summed E-state index contributed by atoms with van der Waals surface area (Å²) in [6, 6.07) is 7.82. The summed E-state index contributed by atoms with van der Waals surface area (Å²) in [5.41, 5.74) is 1.92. The molecule has 120 valence electrons. The van der Waals surface area contributed by atoms with Crippen LogP contribution in [-0.4, -0.2) is 32.4 Å². The summed E-state index contributed by atoms with van der Waals surface area (Å²) in [5.74, 6) is 0.926. The van der Waals surface area contributed by atoms with E-state index >= 15 is 0 Å². The van der Waals surface area contributed by atoms with Gasteiger partial charge in [-0.05, 0) is 30.9 Å². The summed E-state index contributed by atoms with van der Waals surface area (Å²) in [5, 5.41) is 18.1. The molecular formula is C17H20N4O2. The molecule has 2 aliphatic heterocycles. The average Bonchev–Trinajstić information content (AvgIpc) is 2.98. The number of aryl methyl sites for hydroxylation is 1. The Hall–Kier alpha value is -2.37. The molecule has 0 bridgehead atoms. The van der Waals surface area contributed by atoms with Crippen LogP contribution in [0.25, 0.3) is 0 Å². The quantitative estimate of drug-likeness (QED) is 0.940. The largest absolute Gasteiger partial charge is 0.481 e. The maximum Gasteiger partial charge on any atom is 0.311 e. The molecule has 2 aromatic rings. The summed E-state index contributed by atoms with van der Waals surface area (Å²) in [4.78, 5) is 13.7. The third-order valence-electron chi connectivity index (χ3n) is 4.91. The number of para-hydroxylation sites is 1. The van der Waals surface area contributed by atoms with Crippen molar-refractivity contribution in [2.75, 3.05) is 11.4 Å². The van der Waals surface area contributed by atoms with Gasteiger partial charge in [-0.15, -0.1) is 10.2 Å². The highest BCUT2D eigenvalue weighted by Crippen LogP contribution is 2.36. The lowest BCUT2D eigenvalue weighted by molar-refractivity contribution is -0.139. The van der Waals surface area contributed by atoms with E-state index in [2.05, 4.69) is 19.7 Å². The fraction of sp³-hybridized carbons (Fsp3) is 0.471. The van der Waals surface area contributed by atoms with E-state index in [1.165, 1.54) is 12.8 Å². The number of benzene rings is 1. The molecule has 23 heavy (non-hydrogen) atoms. The van der Waals surface area contributed by atoms with Crippen LogP contribution >= 0.6 is 0 Å². The number of fused-ring (bicyclic) bond motifs is 2. The predicted molar refractivity (Wildman–Crippen MR) is 85.4 cm³/mol. The smallest absolute Gasteiger partial charge is 0.311 e. The van der Waals surface area contributed by atoms with Gasteiger partial charge in [-0.1, -0.05) is 18.2 Å². The van der Waals surface area contributed by atoms with Gasteiger partial charge in [0, 0.05) is 25.2 Å². The monoisotopic (exact) mass is 312 g/mol. The number of aliphatic carboxylic acids is 1. The fourth-order valence-electron chi connectivity index (χ4n) is 3.71. The first-order chi connectivity index (χ1) is 11.2. The van der Waals surface area contributed by atoms with Crippen molar-refractivity contribution >= 4 is 11.7 Å². The third kappa shape index (κ3) is 2.48. The van der Waals surface area contributed by atoms with Crippen LogP contribution in [0.2, 0.25) is 0 Å².